The number of aryl methyl sites for hydroxylation is 1. The normalized spacial score (nSPS) is 10.8. The van der Waals surface area contributed by atoms with E-state index in [0.29, 0.717) is 5.95 Å². The van der Waals surface area contributed by atoms with E-state index in [0.717, 1.165) is 29.0 Å². The molecule has 5 heteroatoms. The summed E-state index contributed by atoms with van der Waals surface area (Å²) in [7, 11) is 0. The molecule has 0 saturated carbocycles. The maximum Gasteiger partial charge on any atom is 0.229 e. The van der Waals surface area contributed by atoms with E-state index in [2.05, 4.69) is 59.1 Å². The summed E-state index contributed by atoms with van der Waals surface area (Å²) >= 11 is 1.74. The third-order valence-electron chi connectivity index (χ3n) is 4.46. The van der Waals surface area contributed by atoms with Gasteiger partial charge in [-0.3, -0.25) is 0 Å². The van der Waals surface area contributed by atoms with Crippen molar-refractivity contribution in [3.63, 3.8) is 0 Å². The standard InChI is InChI=1S/C21H20N4S/c1-14-7-5-11-18(15(14)2)23-21-24-19-10-4-3-9-17(19)20(25-21)22-13-16-8-6-12-26-16/h3-12H,13H2,1-2H3,(H2,22,23,24,25). The average Bonchev–Trinajstić information content (AvgIpc) is 3.17. The van der Waals surface area contributed by atoms with Gasteiger partial charge < -0.3 is 10.6 Å². The molecule has 0 amide bonds. The number of para-hydroxylation sites is 1. The first-order valence-corrected chi connectivity index (χ1v) is 9.45. The molecule has 4 aromatic rings. The van der Waals surface area contributed by atoms with E-state index in [1.54, 1.807) is 11.3 Å². The molecular formula is C21H20N4S. The third-order valence-corrected chi connectivity index (χ3v) is 5.34. The second-order valence-electron chi connectivity index (χ2n) is 6.22. The van der Waals surface area contributed by atoms with Crippen LogP contribution in [0.25, 0.3) is 10.9 Å². The van der Waals surface area contributed by atoms with Gasteiger partial charge >= 0.3 is 0 Å². The quantitative estimate of drug-likeness (QED) is 0.482. The lowest BCUT2D eigenvalue weighted by molar-refractivity contribution is 1.12. The number of rotatable bonds is 5. The molecule has 0 unspecified atom stereocenters. The molecule has 130 valence electrons. The van der Waals surface area contributed by atoms with Gasteiger partial charge in [-0.15, -0.1) is 11.3 Å². The van der Waals surface area contributed by atoms with Crippen molar-refractivity contribution < 1.29 is 0 Å². The van der Waals surface area contributed by atoms with Crippen molar-refractivity contribution in [2.45, 2.75) is 20.4 Å². The summed E-state index contributed by atoms with van der Waals surface area (Å²) in [5, 5.41) is 9.95. The lowest BCUT2D eigenvalue weighted by Gasteiger charge is -2.13. The SMILES string of the molecule is Cc1cccc(Nc2nc(NCc3cccs3)c3ccccc3n2)c1C. The van der Waals surface area contributed by atoms with Crippen LogP contribution in [0.2, 0.25) is 0 Å². The van der Waals surface area contributed by atoms with Gasteiger partial charge in [0.2, 0.25) is 5.95 Å². The number of thiophene rings is 1. The predicted octanol–water partition coefficient (Wildman–Crippen LogP) is 5.66. The smallest absolute Gasteiger partial charge is 0.229 e. The van der Waals surface area contributed by atoms with Crippen LogP contribution in [0, 0.1) is 13.8 Å². The number of benzene rings is 2. The molecule has 4 rings (SSSR count). The summed E-state index contributed by atoms with van der Waals surface area (Å²) in [5.74, 6) is 1.45. The number of anilines is 3. The maximum atomic E-state index is 4.74. The van der Waals surface area contributed by atoms with Gasteiger partial charge in [0.25, 0.3) is 0 Å². The zero-order valence-electron chi connectivity index (χ0n) is 14.8. The molecule has 4 nitrogen and oxygen atoms in total. The Kier molecular flexibility index (Phi) is 4.54. The highest BCUT2D eigenvalue weighted by Gasteiger charge is 2.09. The van der Waals surface area contributed by atoms with Crippen molar-refractivity contribution >= 4 is 39.7 Å². The second-order valence-corrected chi connectivity index (χ2v) is 7.25. The van der Waals surface area contributed by atoms with E-state index in [9.17, 15) is 0 Å². The summed E-state index contributed by atoms with van der Waals surface area (Å²) in [5.41, 5.74) is 4.40. The number of hydrogen-bond acceptors (Lipinski definition) is 5. The Morgan fingerprint density at radius 1 is 0.923 bits per heavy atom. The van der Waals surface area contributed by atoms with Crippen molar-refractivity contribution in [3.05, 3.63) is 76.0 Å². The Balaban J connectivity index is 1.70. The minimum atomic E-state index is 0.603. The van der Waals surface area contributed by atoms with Crippen molar-refractivity contribution in [1.82, 2.24) is 9.97 Å². The van der Waals surface area contributed by atoms with Gasteiger partial charge in [-0.05, 0) is 54.6 Å². The van der Waals surface area contributed by atoms with Crippen LogP contribution in [0.1, 0.15) is 16.0 Å². The van der Waals surface area contributed by atoms with E-state index in [-0.39, 0.29) is 0 Å². The number of hydrogen-bond donors (Lipinski definition) is 2. The highest BCUT2D eigenvalue weighted by molar-refractivity contribution is 7.09. The van der Waals surface area contributed by atoms with E-state index >= 15 is 0 Å². The zero-order chi connectivity index (χ0) is 17.9. The zero-order valence-corrected chi connectivity index (χ0v) is 15.6. The predicted molar refractivity (Wildman–Crippen MR) is 110 cm³/mol. The van der Waals surface area contributed by atoms with E-state index in [1.807, 2.05) is 30.3 Å². The molecule has 0 radical (unpaired) electrons. The van der Waals surface area contributed by atoms with Gasteiger partial charge in [-0.25, -0.2) is 4.98 Å². The molecule has 0 aliphatic heterocycles. The first kappa shape index (κ1) is 16.5. The van der Waals surface area contributed by atoms with Gasteiger partial charge in [-0.2, -0.15) is 4.98 Å². The lowest BCUT2D eigenvalue weighted by atomic mass is 10.1. The summed E-state index contributed by atoms with van der Waals surface area (Å²) in [6, 6.07) is 18.5. The summed E-state index contributed by atoms with van der Waals surface area (Å²) in [6.45, 7) is 4.96. The van der Waals surface area contributed by atoms with Crippen LogP contribution in [0.5, 0.6) is 0 Å². The number of nitrogens with zero attached hydrogens (tertiary/aromatic N) is 2. The van der Waals surface area contributed by atoms with Gasteiger partial charge in [-0.1, -0.05) is 30.3 Å². The molecule has 0 atom stereocenters. The van der Waals surface area contributed by atoms with Gasteiger partial charge in [0.1, 0.15) is 5.82 Å². The molecular weight excluding hydrogens is 340 g/mol. The Morgan fingerprint density at radius 2 is 1.81 bits per heavy atom. The van der Waals surface area contributed by atoms with Crippen LogP contribution in [0.3, 0.4) is 0 Å². The highest BCUT2D eigenvalue weighted by atomic mass is 32.1. The van der Waals surface area contributed by atoms with Crippen LogP contribution in [-0.2, 0) is 6.54 Å². The molecule has 2 aromatic heterocycles. The Morgan fingerprint density at radius 3 is 2.65 bits per heavy atom. The monoisotopic (exact) mass is 360 g/mol. The summed E-state index contributed by atoms with van der Waals surface area (Å²) in [4.78, 5) is 10.7. The minimum Gasteiger partial charge on any atom is -0.364 e. The first-order valence-electron chi connectivity index (χ1n) is 8.57. The van der Waals surface area contributed by atoms with Crippen LogP contribution in [0.4, 0.5) is 17.5 Å². The molecule has 0 fully saturated rings. The molecule has 0 saturated heterocycles. The number of aromatic nitrogens is 2. The third kappa shape index (κ3) is 3.39. The fourth-order valence-corrected chi connectivity index (χ4v) is 3.50. The maximum absolute atomic E-state index is 4.74. The molecule has 0 aliphatic rings. The topological polar surface area (TPSA) is 49.8 Å². The summed E-state index contributed by atoms with van der Waals surface area (Å²) in [6.07, 6.45) is 0. The van der Waals surface area contributed by atoms with Crippen LogP contribution < -0.4 is 10.6 Å². The van der Waals surface area contributed by atoms with Gasteiger partial charge in [0.15, 0.2) is 0 Å². The van der Waals surface area contributed by atoms with Crippen molar-refractivity contribution in [3.8, 4) is 0 Å². The Labute approximate surface area is 157 Å². The van der Waals surface area contributed by atoms with Crippen LogP contribution in [-0.4, -0.2) is 9.97 Å². The Bertz CT molecular complexity index is 1040. The molecule has 2 heterocycles. The fraction of sp³-hybridized carbons (Fsp3) is 0.143. The second kappa shape index (κ2) is 7.14. The van der Waals surface area contributed by atoms with Crippen molar-refractivity contribution in [1.29, 1.82) is 0 Å². The molecule has 26 heavy (non-hydrogen) atoms. The van der Waals surface area contributed by atoms with Crippen LogP contribution in [0.15, 0.2) is 60.0 Å². The minimum absolute atomic E-state index is 0.603. The molecule has 0 bridgehead atoms. The van der Waals surface area contributed by atoms with Gasteiger partial charge in [0, 0.05) is 16.0 Å². The van der Waals surface area contributed by atoms with E-state index in [4.69, 9.17) is 4.98 Å². The average molecular weight is 360 g/mol. The Hall–Kier alpha value is -2.92. The number of nitrogens with one attached hydrogen (secondary N) is 2. The molecule has 0 aliphatic carbocycles. The highest BCUT2D eigenvalue weighted by Crippen LogP contribution is 2.26. The fourth-order valence-electron chi connectivity index (χ4n) is 2.86. The largest absolute Gasteiger partial charge is 0.364 e. The van der Waals surface area contributed by atoms with Crippen molar-refractivity contribution in [2.75, 3.05) is 10.6 Å². The number of fused-ring (bicyclic) bond motifs is 1. The summed E-state index contributed by atoms with van der Waals surface area (Å²) < 4.78 is 0. The van der Waals surface area contributed by atoms with Crippen molar-refractivity contribution in [2.24, 2.45) is 0 Å². The lowest BCUT2D eigenvalue weighted by Crippen LogP contribution is -2.05. The van der Waals surface area contributed by atoms with E-state index < -0.39 is 0 Å². The first-order chi connectivity index (χ1) is 12.7. The molecule has 2 aromatic carbocycles. The van der Waals surface area contributed by atoms with E-state index in [1.165, 1.54) is 16.0 Å². The molecule has 2 N–H and O–H groups in total. The molecule has 0 spiro atoms. The van der Waals surface area contributed by atoms with Gasteiger partial charge in [0.05, 0.1) is 12.1 Å². The van der Waals surface area contributed by atoms with Crippen LogP contribution >= 0.6 is 11.3 Å².